The lowest BCUT2D eigenvalue weighted by atomic mass is 9.69. The van der Waals surface area contributed by atoms with Gasteiger partial charge in [-0.05, 0) is 56.1 Å². The third-order valence-corrected chi connectivity index (χ3v) is 4.94. The van der Waals surface area contributed by atoms with Crippen LogP contribution in [0.1, 0.15) is 24.3 Å². The second kappa shape index (κ2) is 4.84. The number of rotatable bonds is 1. The van der Waals surface area contributed by atoms with Crippen LogP contribution in [0.15, 0.2) is 24.3 Å². The van der Waals surface area contributed by atoms with E-state index in [2.05, 4.69) is 29.4 Å². The summed E-state index contributed by atoms with van der Waals surface area (Å²) in [5.41, 5.74) is 1.94. The number of piperidine rings is 1. The van der Waals surface area contributed by atoms with Gasteiger partial charge in [-0.25, -0.2) is 0 Å². The number of nitrogens with zero attached hydrogens (tertiary/aromatic N) is 1. The van der Waals surface area contributed by atoms with Crippen LogP contribution in [0.4, 0.5) is 0 Å². The van der Waals surface area contributed by atoms with E-state index in [4.69, 9.17) is 11.6 Å². The third-order valence-electron chi connectivity index (χ3n) is 4.69. The molecule has 0 aromatic heterocycles. The van der Waals surface area contributed by atoms with Crippen LogP contribution >= 0.6 is 11.6 Å². The summed E-state index contributed by atoms with van der Waals surface area (Å²) >= 11 is 6.00. The standard InChI is InChI=1S/C15H21ClN2/c1-18-10-14(12-2-4-13(16)5-3-12)15(11-18)6-8-17-9-7-15/h2-5,14,17H,6-11H2,1H3. The maximum Gasteiger partial charge on any atom is 0.0406 e. The molecular formula is C15H21ClN2. The van der Waals surface area contributed by atoms with Crippen molar-refractivity contribution in [2.45, 2.75) is 18.8 Å². The van der Waals surface area contributed by atoms with Gasteiger partial charge in [0.2, 0.25) is 0 Å². The molecule has 1 N–H and O–H groups in total. The summed E-state index contributed by atoms with van der Waals surface area (Å²) in [6.45, 7) is 4.75. The fourth-order valence-electron chi connectivity index (χ4n) is 3.80. The van der Waals surface area contributed by atoms with E-state index in [9.17, 15) is 0 Å². The summed E-state index contributed by atoms with van der Waals surface area (Å²) in [6, 6.07) is 8.50. The van der Waals surface area contributed by atoms with Gasteiger partial charge in [0.15, 0.2) is 0 Å². The first-order valence-corrected chi connectivity index (χ1v) is 7.22. The lowest BCUT2D eigenvalue weighted by molar-refractivity contribution is 0.187. The van der Waals surface area contributed by atoms with Gasteiger partial charge in [0, 0.05) is 24.0 Å². The Morgan fingerprint density at radius 1 is 1.22 bits per heavy atom. The fraction of sp³-hybridized carbons (Fsp3) is 0.600. The van der Waals surface area contributed by atoms with Crippen molar-refractivity contribution in [2.24, 2.45) is 5.41 Å². The molecule has 3 heteroatoms. The summed E-state index contributed by atoms with van der Waals surface area (Å²) in [6.07, 6.45) is 2.59. The molecular weight excluding hydrogens is 244 g/mol. The molecule has 2 fully saturated rings. The molecule has 2 saturated heterocycles. The zero-order chi connectivity index (χ0) is 12.6. The SMILES string of the molecule is CN1CC(c2ccc(Cl)cc2)C2(CCNCC2)C1. The maximum absolute atomic E-state index is 6.00. The topological polar surface area (TPSA) is 15.3 Å². The highest BCUT2D eigenvalue weighted by Crippen LogP contribution is 2.48. The van der Waals surface area contributed by atoms with Gasteiger partial charge in [-0.2, -0.15) is 0 Å². The van der Waals surface area contributed by atoms with Gasteiger partial charge in [0.1, 0.15) is 0 Å². The van der Waals surface area contributed by atoms with E-state index in [1.54, 1.807) is 0 Å². The molecule has 0 aliphatic carbocycles. The Bertz CT molecular complexity index is 409. The molecule has 1 aromatic carbocycles. The van der Waals surface area contributed by atoms with Crippen molar-refractivity contribution in [3.8, 4) is 0 Å². The largest absolute Gasteiger partial charge is 0.317 e. The zero-order valence-electron chi connectivity index (χ0n) is 11.0. The molecule has 2 nitrogen and oxygen atoms in total. The normalized spacial score (nSPS) is 27.8. The summed E-state index contributed by atoms with van der Waals surface area (Å²) in [4.78, 5) is 2.49. The predicted molar refractivity (Wildman–Crippen MR) is 76.2 cm³/mol. The Kier molecular flexibility index (Phi) is 3.35. The Balaban J connectivity index is 1.90. The van der Waals surface area contributed by atoms with Crippen molar-refractivity contribution in [3.63, 3.8) is 0 Å². The lowest BCUT2D eigenvalue weighted by Gasteiger charge is -2.39. The summed E-state index contributed by atoms with van der Waals surface area (Å²) < 4.78 is 0. The molecule has 0 amide bonds. The lowest BCUT2D eigenvalue weighted by Crippen LogP contribution is -2.41. The van der Waals surface area contributed by atoms with Crippen LogP contribution in [0.25, 0.3) is 0 Å². The summed E-state index contributed by atoms with van der Waals surface area (Å²) in [5, 5.41) is 4.33. The van der Waals surface area contributed by atoms with Crippen molar-refractivity contribution < 1.29 is 0 Å². The van der Waals surface area contributed by atoms with Gasteiger partial charge in [-0.3, -0.25) is 0 Å². The van der Waals surface area contributed by atoms with Crippen LogP contribution < -0.4 is 5.32 Å². The average Bonchev–Trinajstić information content (AvgIpc) is 2.68. The van der Waals surface area contributed by atoms with Gasteiger partial charge in [0.05, 0.1) is 0 Å². The second-order valence-electron chi connectivity index (χ2n) is 5.91. The molecule has 2 aliphatic heterocycles. The van der Waals surface area contributed by atoms with E-state index < -0.39 is 0 Å². The van der Waals surface area contributed by atoms with Gasteiger partial charge >= 0.3 is 0 Å². The zero-order valence-corrected chi connectivity index (χ0v) is 11.7. The predicted octanol–water partition coefficient (Wildman–Crippen LogP) is 2.74. The molecule has 1 unspecified atom stereocenters. The number of nitrogens with one attached hydrogen (secondary N) is 1. The third kappa shape index (κ3) is 2.18. The van der Waals surface area contributed by atoms with E-state index in [-0.39, 0.29) is 0 Å². The Morgan fingerprint density at radius 3 is 2.56 bits per heavy atom. The van der Waals surface area contributed by atoms with Gasteiger partial charge < -0.3 is 10.2 Å². The van der Waals surface area contributed by atoms with E-state index in [1.807, 2.05) is 12.1 Å². The van der Waals surface area contributed by atoms with Crippen molar-refractivity contribution in [1.82, 2.24) is 10.2 Å². The van der Waals surface area contributed by atoms with Crippen LogP contribution in [0, 0.1) is 5.41 Å². The smallest absolute Gasteiger partial charge is 0.0406 e. The minimum Gasteiger partial charge on any atom is -0.317 e. The Morgan fingerprint density at radius 2 is 1.89 bits per heavy atom. The highest BCUT2D eigenvalue weighted by atomic mass is 35.5. The number of halogens is 1. The number of benzene rings is 1. The molecule has 2 heterocycles. The van der Waals surface area contributed by atoms with Crippen molar-refractivity contribution in [1.29, 1.82) is 0 Å². The molecule has 1 atom stereocenters. The molecule has 18 heavy (non-hydrogen) atoms. The highest BCUT2D eigenvalue weighted by Gasteiger charge is 2.46. The monoisotopic (exact) mass is 264 g/mol. The second-order valence-corrected chi connectivity index (χ2v) is 6.35. The minimum absolute atomic E-state index is 0.480. The van der Waals surface area contributed by atoms with Crippen molar-refractivity contribution in [3.05, 3.63) is 34.9 Å². The molecule has 3 rings (SSSR count). The van der Waals surface area contributed by atoms with E-state index in [1.165, 1.54) is 31.5 Å². The minimum atomic E-state index is 0.480. The molecule has 2 aliphatic rings. The average molecular weight is 265 g/mol. The first kappa shape index (κ1) is 12.5. The van der Waals surface area contributed by atoms with Crippen molar-refractivity contribution in [2.75, 3.05) is 33.2 Å². The molecule has 98 valence electrons. The van der Waals surface area contributed by atoms with Crippen LogP contribution in [-0.2, 0) is 0 Å². The highest BCUT2D eigenvalue weighted by molar-refractivity contribution is 6.30. The number of likely N-dealkylation sites (N-methyl/N-ethyl adjacent to an activating group) is 1. The Hall–Kier alpha value is -0.570. The quantitative estimate of drug-likeness (QED) is 0.839. The van der Waals surface area contributed by atoms with Crippen LogP contribution in [0.2, 0.25) is 5.02 Å². The first-order valence-electron chi connectivity index (χ1n) is 6.84. The van der Waals surface area contributed by atoms with E-state index in [0.29, 0.717) is 11.3 Å². The molecule has 0 bridgehead atoms. The molecule has 1 spiro atoms. The van der Waals surface area contributed by atoms with Crippen LogP contribution in [-0.4, -0.2) is 38.1 Å². The molecule has 1 aromatic rings. The maximum atomic E-state index is 6.00. The van der Waals surface area contributed by atoms with Gasteiger partial charge in [-0.15, -0.1) is 0 Å². The van der Waals surface area contributed by atoms with Crippen LogP contribution in [0.3, 0.4) is 0 Å². The summed E-state index contributed by atoms with van der Waals surface area (Å²) in [7, 11) is 2.25. The molecule has 0 radical (unpaired) electrons. The number of hydrogen-bond donors (Lipinski definition) is 1. The van der Waals surface area contributed by atoms with Gasteiger partial charge in [0.25, 0.3) is 0 Å². The molecule has 0 saturated carbocycles. The fourth-order valence-corrected chi connectivity index (χ4v) is 3.93. The first-order chi connectivity index (χ1) is 8.70. The number of hydrogen-bond acceptors (Lipinski definition) is 2. The van der Waals surface area contributed by atoms with Crippen LogP contribution in [0.5, 0.6) is 0 Å². The van der Waals surface area contributed by atoms with E-state index in [0.717, 1.165) is 18.1 Å². The summed E-state index contributed by atoms with van der Waals surface area (Å²) in [5.74, 6) is 0.668. The Labute approximate surface area is 114 Å². The van der Waals surface area contributed by atoms with E-state index >= 15 is 0 Å². The van der Waals surface area contributed by atoms with Gasteiger partial charge in [-0.1, -0.05) is 23.7 Å². The van der Waals surface area contributed by atoms with Crippen molar-refractivity contribution >= 4 is 11.6 Å². The number of likely N-dealkylation sites (tertiary alicyclic amines) is 1.